The number of carbonyl (C=O) groups excluding carboxylic acids is 1. The van der Waals surface area contributed by atoms with E-state index in [1.807, 2.05) is 31.2 Å². The summed E-state index contributed by atoms with van der Waals surface area (Å²) >= 11 is 1.56. The number of carboxylic acids is 1. The minimum absolute atomic E-state index is 0.172. The molecule has 1 aromatic carbocycles. The number of hydrogen-bond acceptors (Lipinski definition) is 4. The van der Waals surface area contributed by atoms with E-state index >= 15 is 0 Å². The van der Waals surface area contributed by atoms with Gasteiger partial charge in [0.2, 0.25) is 5.91 Å². The normalized spacial score (nSPS) is 17.4. The fourth-order valence-electron chi connectivity index (χ4n) is 2.94. The summed E-state index contributed by atoms with van der Waals surface area (Å²) in [6, 6.07) is 7.19. The van der Waals surface area contributed by atoms with Crippen LogP contribution in [0.1, 0.15) is 37.7 Å². The largest absolute Gasteiger partial charge is 0.480 e. The van der Waals surface area contributed by atoms with Gasteiger partial charge in [0, 0.05) is 25.0 Å². The zero-order chi connectivity index (χ0) is 17.6. The second-order valence-electron chi connectivity index (χ2n) is 6.26. The number of thioether (sulfide) groups is 1. The summed E-state index contributed by atoms with van der Waals surface area (Å²) in [5, 5.41) is 12.0. The molecule has 132 valence electrons. The molecule has 1 aliphatic rings. The van der Waals surface area contributed by atoms with E-state index in [9.17, 15) is 14.7 Å². The van der Waals surface area contributed by atoms with E-state index < -0.39 is 16.8 Å². The molecule has 2 N–H and O–H groups in total. The van der Waals surface area contributed by atoms with Crippen molar-refractivity contribution in [1.82, 2.24) is 5.32 Å². The summed E-state index contributed by atoms with van der Waals surface area (Å²) in [4.78, 5) is 25.3. The molecule has 1 unspecified atom stereocenters. The zero-order valence-corrected chi connectivity index (χ0v) is 15.0. The molecule has 1 amide bonds. The number of methoxy groups -OCH3 is 1. The first kappa shape index (κ1) is 18.8. The Labute approximate surface area is 147 Å². The van der Waals surface area contributed by atoms with Crippen molar-refractivity contribution in [2.75, 3.05) is 13.7 Å². The van der Waals surface area contributed by atoms with Crippen LogP contribution in [0.4, 0.5) is 0 Å². The summed E-state index contributed by atoms with van der Waals surface area (Å²) in [7, 11) is 1.52. The second kappa shape index (κ2) is 8.53. The van der Waals surface area contributed by atoms with Gasteiger partial charge in [-0.1, -0.05) is 30.5 Å². The van der Waals surface area contributed by atoms with Gasteiger partial charge in [-0.3, -0.25) is 4.79 Å². The topological polar surface area (TPSA) is 75.6 Å². The van der Waals surface area contributed by atoms with Gasteiger partial charge in [-0.2, -0.15) is 0 Å². The average molecular weight is 351 g/mol. The SMILES string of the molecule is COCCC(NC(=O)C1(Sc2ccc(C)cc2)CCCC1)C(=O)O. The second-order valence-corrected chi connectivity index (χ2v) is 7.72. The monoisotopic (exact) mass is 351 g/mol. The predicted octanol–water partition coefficient (Wildman–Crippen LogP) is 3.01. The molecular formula is C18H25NO4S. The van der Waals surface area contributed by atoms with Crippen LogP contribution in [0, 0.1) is 6.92 Å². The number of hydrogen-bond donors (Lipinski definition) is 2. The molecule has 0 saturated heterocycles. The first-order chi connectivity index (χ1) is 11.5. The number of benzene rings is 1. The number of ether oxygens (including phenoxy) is 1. The van der Waals surface area contributed by atoms with Crippen LogP contribution in [-0.4, -0.2) is 41.5 Å². The summed E-state index contributed by atoms with van der Waals surface area (Å²) < 4.78 is 4.37. The van der Waals surface area contributed by atoms with Crippen LogP contribution in [0.3, 0.4) is 0 Å². The molecular weight excluding hydrogens is 326 g/mol. The Bertz CT molecular complexity index is 567. The lowest BCUT2D eigenvalue weighted by Gasteiger charge is -2.29. The van der Waals surface area contributed by atoms with E-state index in [0.29, 0.717) is 6.61 Å². The van der Waals surface area contributed by atoms with E-state index in [-0.39, 0.29) is 12.3 Å². The number of rotatable bonds is 8. The molecule has 0 spiro atoms. The fraction of sp³-hybridized carbons (Fsp3) is 0.556. The highest BCUT2D eigenvalue weighted by Crippen LogP contribution is 2.45. The van der Waals surface area contributed by atoms with Gasteiger partial charge in [-0.05, 0) is 31.9 Å². The van der Waals surface area contributed by atoms with E-state index in [0.717, 1.165) is 30.6 Å². The summed E-state index contributed by atoms with van der Waals surface area (Å²) in [6.45, 7) is 2.33. The summed E-state index contributed by atoms with van der Waals surface area (Å²) in [6.07, 6.45) is 3.79. The molecule has 1 fully saturated rings. The zero-order valence-electron chi connectivity index (χ0n) is 14.2. The van der Waals surface area contributed by atoms with Crippen LogP contribution in [0.2, 0.25) is 0 Å². The number of nitrogens with one attached hydrogen (secondary N) is 1. The van der Waals surface area contributed by atoms with Gasteiger partial charge in [-0.15, -0.1) is 11.8 Å². The average Bonchev–Trinajstić information content (AvgIpc) is 3.03. The van der Waals surface area contributed by atoms with E-state index in [1.165, 1.54) is 12.7 Å². The van der Waals surface area contributed by atoms with Gasteiger partial charge >= 0.3 is 5.97 Å². The molecule has 2 rings (SSSR count). The molecule has 24 heavy (non-hydrogen) atoms. The molecule has 1 aliphatic carbocycles. The van der Waals surface area contributed by atoms with Gasteiger partial charge in [0.25, 0.3) is 0 Å². The highest BCUT2D eigenvalue weighted by atomic mass is 32.2. The van der Waals surface area contributed by atoms with Crippen molar-refractivity contribution in [2.45, 2.75) is 54.7 Å². The maximum absolute atomic E-state index is 12.9. The van der Waals surface area contributed by atoms with Crippen molar-refractivity contribution in [3.8, 4) is 0 Å². The highest BCUT2D eigenvalue weighted by Gasteiger charge is 2.43. The molecule has 0 heterocycles. The predicted molar refractivity (Wildman–Crippen MR) is 94.3 cm³/mol. The third-order valence-electron chi connectivity index (χ3n) is 4.37. The third-order valence-corrected chi connectivity index (χ3v) is 5.87. The molecule has 0 radical (unpaired) electrons. The van der Waals surface area contributed by atoms with Crippen molar-refractivity contribution >= 4 is 23.6 Å². The van der Waals surface area contributed by atoms with Gasteiger partial charge in [0.1, 0.15) is 6.04 Å². The standard InChI is InChI=1S/C18H25NO4S/c1-13-5-7-14(8-6-13)24-18(10-3-4-11-18)17(22)19-15(16(20)21)9-12-23-2/h5-8,15H,3-4,9-12H2,1-2H3,(H,19,22)(H,20,21). The smallest absolute Gasteiger partial charge is 0.326 e. The lowest BCUT2D eigenvalue weighted by atomic mass is 10.1. The van der Waals surface area contributed by atoms with Crippen LogP contribution < -0.4 is 5.32 Å². The van der Waals surface area contributed by atoms with Crippen LogP contribution in [0.15, 0.2) is 29.2 Å². The number of amides is 1. The van der Waals surface area contributed by atoms with Crippen molar-refractivity contribution < 1.29 is 19.4 Å². The quantitative estimate of drug-likeness (QED) is 0.753. The Kier molecular flexibility index (Phi) is 6.69. The Hall–Kier alpha value is -1.53. The maximum atomic E-state index is 12.9. The van der Waals surface area contributed by atoms with E-state index in [2.05, 4.69) is 5.32 Å². The van der Waals surface area contributed by atoms with Crippen LogP contribution in [-0.2, 0) is 14.3 Å². The summed E-state index contributed by atoms with van der Waals surface area (Å²) in [5.74, 6) is -1.19. The molecule has 0 bridgehead atoms. The Morgan fingerprint density at radius 1 is 1.29 bits per heavy atom. The molecule has 1 saturated carbocycles. The number of aliphatic carboxylic acids is 1. The molecule has 6 heteroatoms. The third kappa shape index (κ3) is 4.74. The lowest BCUT2D eigenvalue weighted by Crippen LogP contribution is -2.50. The molecule has 1 aromatic rings. The van der Waals surface area contributed by atoms with E-state index in [1.54, 1.807) is 11.8 Å². The maximum Gasteiger partial charge on any atom is 0.326 e. The number of carbonyl (C=O) groups is 2. The van der Waals surface area contributed by atoms with Crippen LogP contribution in [0.5, 0.6) is 0 Å². The van der Waals surface area contributed by atoms with Gasteiger partial charge in [0.05, 0.1) is 4.75 Å². The molecule has 0 aromatic heterocycles. The van der Waals surface area contributed by atoms with Crippen molar-refractivity contribution in [2.24, 2.45) is 0 Å². The Balaban J connectivity index is 2.11. The first-order valence-corrected chi connectivity index (χ1v) is 9.07. The van der Waals surface area contributed by atoms with Gasteiger partial charge in [-0.25, -0.2) is 4.79 Å². The number of aryl methyl sites for hydroxylation is 1. The fourth-order valence-corrected chi connectivity index (χ4v) is 4.30. The molecule has 5 nitrogen and oxygen atoms in total. The van der Waals surface area contributed by atoms with E-state index in [4.69, 9.17) is 4.74 Å². The van der Waals surface area contributed by atoms with Gasteiger partial charge < -0.3 is 15.2 Å². The minimum Gasteiger partial charge on any atom is -0.480 e. The van der Waals surface area contributed by atoms with Gasteiger partial charge in [0.15, 0.2) is 0 Å². The minimum atomic E-state index is -1.02. The lowest BCUT2D eigenvalue weighted by molar-refractivity contribution is -0.142. The van der Waals surface area contributed by atoms with Crippen molar-refractivity contribution in [3.05, 3.63) is 29.8 Å². The van der Waals surface area contributed by atoms with Crippen LogP contribution >= 0.6 is 11.8 Å². The van der Waals surface area contributed by atoms with Crippen LogP contribution in [0.25, 0.3) is 0 Å². The number of carboxylic acid groups (broad SMARTS) is 1. The highest BCUT2D eigenvalue weighted by molar-refractivity contribution is 8.01. The Morgan fingerprint density at radius 3 is 2.46 bits per heavy atom. The summed E-state index contributed by atoms with van der Waals surface area (Å²) in [5.41, 5.74) is 1.18. The molecule has 0 aliphatic heterocycles. The first-order valence-electron chi connectivity index (χ1n) is 8.25. The van der Waals surface area contributed by atoms with Crippen molar-refractivity contribution in [3.63, 3.8) is 0 Å². The van der Waals surface area contributed by atoms with Crippen molar-refractivity contribution in [1.29, 1.82) is 0 Å². The Morgan fingerprint density at radius 2 is 1.92 bits per heavy atom. The molecule has 1 atom stereocenters.